The number of hydrogen-bond donors (Lipinski definition) is 2. The van der Waals surface area contributed by atoms with Crippen LogP contribution in [0.15, 0.2) is 48.5 Å². The van der Waals surface area contributed by atoms with E-state index in [1.54, 1.807) is 26.4 Å². The normalized spacial score (nSPS) is 11.2. The van der Waals surface area contributed by atoms with Crippen LogP contribution in [0.3, 0.4) is 0 Å². The maximum atomic E-state index is 12.2. The monoisotopic (exact) mass is 372 g/mol. The predicted octanol–water partition coefficient (Wildman–Crippen LogP) is 2.29. The molecule has 7 nitrogen and oxygen atoms in total. The van der Waals surface area contributed by atoms with Gasteiger partial charge in [-0.25, -0.2) is 9.59 Å². The molecule has 0 unspecified atom stereocenters. The molecule has 27 heavy (non-hydrogen) atoms. The highest BCUT2D eigenvalue weighted by Crippen LogP contribution is 2.27. The van der Waals surface area contributed by atoms with E-state index in [-0.39, 0.29) is 6.54 Å². The van der Waals surface area contributed by atoms with Crippen LogP contribution < -0.4 is 20.1 Å². The molecule has 2 amide bonds. The van der Waals surface area contributed by atoms with Gasteiger partial charge < -0.3 is 24.8 Å². The predicted molar refractivity (Wildman–Crippen MR) is 101 cm³/mol. The van der Waals surface area contributed by atoms with Crippen LogP contribution >= 0.6 is 0 Å². The van der Waals surface area contributed by atoms with E-state index in [1.165, 1.54) is 7.11 Å². The second-order valence-electron chi connectivity index (χ2n) is 5.78. The van der Waals surface area contributed by atoms with E-state index < -0.39 is 18.0 Å². The zero-order chi connectivity index (χ0) is 19.6. The number of nitrogens with one attached hydrogen (secondary N) is 2. The molecule has 7 heteroatoms. The molecule has 144 valence electrons. The molecule has 2 aromatic carbocycles. The molecule has 0 radical (unpaired) electrons. The zero-order valence-corrected chi connectivity index (χ0v) is 15.7. The Balaban J connectivity index is 1.96. The average molecular weight is 372 g/mol. The summed E-state index contributed by atoms with van der Waals surface area (Å²) in [5.74, 6) is 0.688. The Morgan fingerprint density at radius 1 is 0.926 bits per heavy atom. The van der Waals surface area contributed by atoms with Gasteiger partial charge >= 0.3 is 12.0 Å². The van der Waals surface area contributed by atoms with Gasteiger partial charge in [-0.05, 0) is 23.3 Å². The largest absolute Gasteiger partial charge is 0.493 e. The molecular formula is C20H24N2O5. The maximum absolute atomic E-state index is 12.2. The van der Waals surface area contributed by atoms with E-state index in [9.17, 15) is 9.59 Å². The SMILES string of the molecule is COC(=O)[C@@H](Cc1ccccc1)NC(=O)NCc1ccc(OC)c(OC)c1. The van der Waals surface area contributed by atoms with Crippen LogP contribution in [-0.2, 0) is 22.5 Å². The summed E-state index contributed by atoms with van der Waals surface area (Å²) in [6.07, 6.45) is 0.345. The molecule has 0 saturated carbocycles. The van der Waals surface area contributed by atoms with E-state index >= 15 is 0 Å². The Kier molecular flexibility index (Phi) is 7.49. The van der Waals surface area contributed by atoms with Crippen molar-refractivity contribution < 1.29 is 23.8 Å². The molecule has 0 aliphatic rings. The van der Waals surface area contributed by atoms with Gasteiger partial charge in [-0.3, -0.25) is 0 Å². The third kappa shape index (κ3) is 5.91. The van der Waals surface area contributed by atoms with Gasteiger partial charge in [0.05, 0.1) is 21.3 Å². The fourth-order valence-electron chi connectivity index (χ4n) is 2.57. The van der Waals surface area contributed by atoms with Gasteiger partial charge in [-0.15, -0.1) is 0 Å². The minimum atomic E-state index is -0.775. The molecule has 1 atom stereocenters. The first kappa shape index (κ1) is 20.1. The lowest BCUT2D eigenvalue weighted by Gasteiger charge is -2.17. The number of carbonyl (C=O) groups excluding carboxylic acids is 2. The third-order valence-electron chi connectivity index (χ3n) is 3.97. The van der Waals surface area contributed by atoms with Crippen LogP contribution in [0, 0.1) is 0 Å². The van der Waals surface area contributed by atoms with Crippen molar-refractivity contribution >= 4 is 12.0 Å². The van der Waals surface area contributed by atoms with Crippen molar-refractivity contribution in [3.63, 3.8) is 0 Å². The first-order chi connectivity index (χ1) is 13.1. The van der Waals surface area contributed by atoms with Gasteiger partial charge in [-0.1, -0.05) is 36.4 Å². The van der Waals surface area contributed by atoms with Gasteiger partial charge in [0.1, 0.15) is 6.04 Å². The van der Waals surface area contributed by atoms with Gasteiger partial charge in [0.15, 0.2) is 11.5 Å². The lowest BCUT2D eigenvalue weighted by molar-refractivity contribution is -0.142. The lowest BCUT2D eigenvalue weighted by Crippen LogP contribution is -2.47. The first-order valence-corrected chi connectivity index (χ1v) is 8.44. The van der Waals surface area contributed by atoms with Crippen molar-refractivity contribution in [3.8, 4) is 11.5 Å². The van der Waals surface area contributed by atoms with Crippen molar-refractivity contribution in [2.75, 3.05) is 21.3 Å². The molecule has 0 aromatic heterocycles. The second-order valence-corrected chi connectivity index (χ2v) is 5.78. The highest BCUT2D eigenvalue weighted by Gasteiger charge is 2.21. The molecule has 2 rings (SSSR count). The average Bonchev–Trinajstić information content (AvgIpc) is 2.71. The van der Waals surface area contributed by atoms with Crippen LogP contribution in [0.4, 0.5) is 4.79 Å². The molecule has 0 aliphatic carbocycles. The van der Waals surface area contributed by atoms with E-state index in [1.807, 2.05) is 36.4 Å². The Bertz CT molecular complexity index is 764. The summed E-state index contributed by atoms with van der Waals surface area (Å²) in [5.41, 5.74) is 1.76. The van der Waals surface area contributed by atoms with Crippen LogP contribution in [0.2, 0.25) is 0 Å². The van der Waals surface area contributed by atoms with E-state index in [0.29, 0.717) is 17.9 Å². The maximum Gasteiger partial charge on any atom is 0.328 e. The summed E-state index contributed by atoms with van der Waals surface area (Å²) >= 11 is 0. The fraction of sp³-hybridized carbons (Fsp3) is 0.300. The quantitative estimate of drug-likeness (QED) is 0.695. The molecule has 0 heterocycles. The lowest BCUT2D eigenvalue weighted by atomic mass is 10.1. The number of rotatable bonds is 8. The number of urea groups is 1. The molecule has 2 N–H and O–H groups in total. The van der Waals surface area contributed by atoms with Crippen LogP contribution in [0.25, 0.3) is 0 Å². The Morgan fingerprint density at radius 2 is 1.63 bits per heavy atom. The smallest absolute Gasteiger partial charge is 0.328 e. The van der Waals surface area contributed by atoms with Crippen molar-refractivity contribution in [1.82, 2.24) is 10.6 Å². The number of hydrogen-bond acceptors (Lipinski definition) is 5. The van der Waals surface area contributed by atoms with Gasteiger partial charge in [0.2, 0.25) is 0 Å². The molecule has 0 saturated heterocycles. The first-order valence-electron chi connectivity index (χ1n) is 8.44. The summed E-state index contributed by atoms with van der Waals surface area (Å²) in [4.78, 5) is 24.2. The highest BCUT2D eigenvalue weighted by molar-refractivity contribution is 5.83. The summed E-state index contributed by atoms with van der Waals surface area (Å²) in [5, 5.41) is 5.39. The molecule has 0 bridgehead atoms. The fourth-order valence-corrected chi connectivity index (χ4v) is 2.57. The summed E-state index contributed by atoms with van der Waals surface area (Å²) in [7, 11) is 4.40. The minimum absolute atomic E-state index is 0.269. The minimum Gasteiger partial charge on any atom is -0.493 e. The molecular weight excluding hydrogens is 348 g/mol. The number of esters is 1. The Hall–Kier alpha value is -3.22. The Morgan fingerprint density at radius 3 is 2.26 bits per heavy atom. The van der Waals surface area contributed by atoms with Gasteiger partial charge in [0.25, 0.3) is 0 Å². The van der Waals surface area contributed by atoms with Crippen molar-refractivity contribution in [3.05, 3.63) is 59.7 Å². The summed E-state index contributed by atoms with van der Waals surface area (Å²) in [6, 6.07) is 13.5. The van der Waals surface area contributed by atoms with Crippen molar-refractivity contribution in [2.24, 2.45) is 0 Å². The van der Waals surface area contributed by atoms with Gasteiger partial charge in [0, 0.05) is 13.0 Å². The number of carbonyl (C=O) groups is 2. The third-order valence-corrected chi connectivity index (χ3v) is 3.97. The second kappa shape index (κ2) is 10.1. The summed E-state index contributed by atoms with van der Waals surface area (Å²) < 4.78 is 15.2. The number of amides is 2. The van der Waals surface area contributed by atoms with E-state index in [4.69, 9.17) is 14.2 Å². The molecule has 2 aromatic rings. The number of ether oxygens (including phenoxy) is 3. The topological polar surface area (TPSA) is 85.9 Å². The zero-order valence-electron chi connectivity index (χ0n) is 15.7. The highest BCUT2D eigenvalue weighted by atomic mass is 16.5. The number of methoxy groups -OCH3 is 3. The standard InChI is InChI=1S/C20H24N2O5/c1-25-17-10-9-15(12-18(17)26-2)13-21-20(24)22-16(19(23)27-3)11-14-7-5-4-6-8-14/h4-10,12,16H,11,13H2,1-3H3,(H2,21,22,24)/t16-/m1/s1. The van der Waals surface area contributed by atoms with Gasteiger partial charge in [-0.2, -0.15) is 0 Å². The van der Waals surface area contributed by atoms with E-state index in [2.05, 4.69) is 10.6 Å². The van der Waals surface area contributed by atoms with E-state index in [0.717, 1.165) is 11.1 Å². The Labute approximate surface area is 158 Å². The van der Waals surface area contributed by atoms with Crippen molar-refractivity contribution in [2.45, 2.75) is 19.0 Å². The summed E-state index contributed by atoms with van der Waals surface area (Å²) in [6.45, 7) is 0.269. The van der Waals surface area contributed by atoms with Crippen molar-refractivity contribution in [1.29, 1.82) is 0 Å². The van der Waals surface area contributed by atoms with Crippen LogP contribution in [0.5, 0.6) is 11.5 Å². The van der Waals surface area contributed by atoms with Crippen LogP contribution in [-0.4, -0.2) is 39.4 Å². The van der Waals surface area contributed by atoms with Crippen LogP contribution in [0.1, 0.15) is 11.1 Å². The molecule has 0 fully saturated rings. The molecule has 0 spiro atoms. The molecule has 0 aliphatic heterocycles. The number of benzene rings is 2.